The first-order valence-electron chi connectivity index (χ1n) is 6.50. The third-order valence-corrected chi connectivity index (χ3v) is 5.08. The van der Waals surface area contributed by atoms with Crippen LogP contribution in [0.5, 0.6) is 0 Å². The van der Waals surface area contributed by atoms with Crippen molar-refractivity contribution in [2.24, 2.45) is 0 Å². The molecule has 0 radical (unpaired) electrons. The summed E-state index contributed by atoms with van der Waals surface area (Å²) < 4.78 is 2.16. The summed E-state index contributed by atoms with van der Waals surface area (Å²) >= 11 is 13.9. The van der Waals surface area contributed by atoms with Gasteiger partial charge in [-0.05, 0) is 17.7 Å². The lowest BCUT2D eigenvalue weighted by Gasteiger charge is -2.02. The highest BCUT2D eigenvalue weighted by atomic mass is 35.5. The average molecular weight is 333 g/mol. The Hall–Kier alpha value is -1.55. The lowest BCUT2D eigenvalue weighted by Crippen LogP contribution is -1.93. The second-order valence-electron chi connectivity index (χ2n) is 4.87. The lowest BCUT2D eigenvalue weighted by molar-refractivity contribution is 1.06. The smallest absolute Gasteiger partial charge is 0.194 e. The predicted molar refractivity (Wildman–Crippen MR) is 89.8 cm³/mol. The highest BCUT2D eigenvalue weighted by Crippen LogP contribution is 2.31. The molecule has 0 bridgehead atoms. The Morgan fingerprint density at radius 3 is 2.62 bits per heavy atom. The van der Waals surface area contributed by atoms with Gasteiger partial charge in [-0.2, -0.15) is 0 Å². The van der Waals surface area contributed by atoms with E-state index in [1.807, 2.05) is 18.2 Å². The van der Waals surface area contributed by atoms with Crippen molar-refractivity contribution in [3.63, 3.8) is 0 Å². The van der Waals surface area contributed by atoms with E-state index in [-0.39, 0.29) is 0 Å². The van der Waals surface area contributed by atoms with Crippen molar-refractivity contribution in [3.8, 4) is 0 Å². The number of benzene rings is 2. The SMILES string of the molecule is Clc1cc2nc3scc(Cc4ccccc4)n3c2cc1Cl. The Kier molecular flexibility index (Phi) is 3.14. The summed E-state index contributed by atoms with van der Waals surface area (Å²) in [6.07, 6.45) is 0.868. The van der Waals surface area contributed by atoms with Crippen molar-refractivity contribution in [2.45, 2.75) is 6.42 Å². The molecule has 0 fully saturated rings. The van der Waals surface area contributed by atoms with Crippen LogP contribution in [-0.2, 0) is 6.42 Å². The zero-order valence-electron chi connectivity index (χ0n) is 10.9. The number of thiazole rings is 1. The molecule has 0 aliphatic carbocycles. The Morgan fingerprint density at radius 2 is 1.81 bits per heavy atom. The molecular weight excluding hydrogens is 323 g/mol. The van der Waals surface area contributed by atoms with Crippen molar-refractivity contribution >= 4 is 50.5 Å². The van der Waals surface area contributed by atoms with Gasteiger partial charge in [0.15, 0.2) is 4.96 Å². The molecule has 0 aliphatic rings. The molecule has 0 saturated carbocycles. The standard InChI is InChI=1S/C16H10Cl2N2S/c17-12-7-14-15(8-13(12)18)20-11(9-21-16(20)19-14)6-10-4-2-1-3-5-10/h1-5,7-9H,6H2. The normalized spacial score (nSPS) is 11.5. The monoisotopic (exact) mass is 332 g/mol. The summed E-state index contributed by atoms with van der Waals surface area (Å²) in [4.78, 5) is 5.58. The van der Waals surface area contributed by atoms with Crippen molar-refractivity contribution < 1.29 is 0 Å². The molecule has 2 nitrogen and oxygen atoms in total. The number of fused-ring (bicyclic) bond motifs is 3. The highest BCUT2D eigenvalue weighted by molar-refractivity contribution is 7.15. The van der Waals surface area contributed by atoms with Crippen LogP contribution in [-0.4, -0.2) is 9.38 Å². The van der Waals surface area contributed by atoms with Gasteiger partial charge in [0.1, 0.15) is 0 Å². The van der Waals surface area contributed by atoms with Crippen molar-refractivity contribution in [3.05, 3.63) is 69.1 Å². The predicted octanol–water partition coefficient (Wildman–Crippen LogP) is 5.45. The summed E-state index contributed by atoms with van der Waals surface area (Å²) in [5, 5.41) is 3.25. The Morgan fingerprint density at radius 1 is 1.05 bits per heavy atom. The van der Waals surface area contributed by atoms with E-state index in [0.717, 1.165) is 22.4 Å². The largest absolute Gasteiger partial charge is 0.287 e. The van der Waals surface area contributed by atoms with Gasteiger partial charge < -0.3 is 0 Å². The molecule has 0 N–H and O–H groups in total. The lowest BCUT2D eigenvalue weighted by atomic mass is 10.1. The molecule has 0 spiro atoms. The third kappa shape index (κ3) is 2.22. The van der Waals surface area contributed by atoms with Gasteiger partial charge in [-0.15, -0.1) is 11.3 Å². The first-order valence-corrected chi connectivity index (χ1v) is 8.13. The Balaban J connectivity index is 1.92. The van der Waals surface area contributed by atoms with Crippen LogP contribution in [0.4, 0.5) is 0 Å². The van der Waals surface area contributed by atoms with E-state index >= 15 is 0 Å². The van der Waals surface area contributed by atoms with Crippen LogP contribution in [0.2, 0.25) is 10.0 Å². The molecule has 4 rings (SSSR count). The zero-order chi connectivity index (χ0) is 14.4. The van der Waals surface area contributed by atoms with Crippen LogP contribution >= 0.6 is 34.5 Å². The first kappa shape index (κ1) is 13.1. The number of imidazole rings is 1. The summed E-state index contributed by atoms with van der Waals surface area (Å²) in [6, 6.07) is 14.1. The van der Waals surface area contributed by atoms with Gasteiger partial charge in [-0.25, -0.2) is 4.98 Å². The van der Waals surface area contributed by atoms with Crippen LogP contribution in [0.1, 0.15) is 11.3 Å². The molecule has 0 atom stereocenters. The van der Waals surface area contributed by atoms with Gasteiger partial charge in [0.2, 0.25) is 0 Å². The maximum absolute atomic E-state index is 6.15. The number of hydrogen-bond donors (Lipinski definition) is 0. The number of halogens is 2. The minimum atomic E-state index is 0.541. The molecule has 2 aromatic carbocycles. The van der Waals surface area contributed by atoms with E-state index in [0.29, 0.717) is 10.0 Å². The molecule has 0 unspecified atom stereocenters. The number of nitrogens with zero attached hydrogens (tertiary/aromatic N) is 2. The maximum atomic E-state index is 6.15. The molecule has 0 aliphatic heterocycles. The summed E-state index contributed by atoms with van der Waals surface area (Å²) in [6.45, 7) is 0. The van der Waals surface area contributed by atoms with Gasteiger partial charge in [0.25, 0.3) is 0 Å². The van der Waals surface area contributed by atoms with E-state index in [9.17, 15) is 0 Å². The molecule has 5 heteroatoms. The van der Waals surface area contributed by atoms with Crippen molar-refractivity contribution in [1.29, 1.82) is 0 Å². The van der Waals surface area contributed by atoms with Gasteiger partial charge in [-0.1, -0.05) is 53.5 Å². The Labute approximate surface area is 135 Å². The van der Waals surface area contributed by atoms with E-state index in [2.05, 4.69) is 39.0 Å². The topological polar surface area (TPSA) is 17.3 Å². The van der Waals surface area contributed by atoms with E-state index < -0.39 is 0 Å². The number of rotatable bonds is 2. The quantitative estimate of drug-likeness (QED) is 0.477. The van der Waals surface area contributed by atoms with E-state index in [1.165, 1.54) is 11.3 Å². The van der Waals surface area contributed by atoms with Crippen molar-refractivity contribution in [2.75, 3.05) is 0 Å². The van der Waals surface area contributed by atoms with Gasteiger partial charge in [0, 0.05) is 17.5 Å². The van der Waals surface area contributed by atoms with E-state index in [4.69, 9.17) is 23.2 Å². The maximum Gasteiger partial charge on any atom is 0.194 e. The fourth-order valence-corrected chi connectivity index (χ4v) is 3.72. The fraction of sp³-hybridized carbons (Fsp3) is 0.0625. The summed E-state index contributed by atoms with van der Waals surface area (Å²) in [5.74, 6) is 0. The van der Waals surface area contributed by atoms with Crippen LogP contribution in [0.3, 0.4) is 0 Å². The number of hydrogen-bond acceptors (Lipinski definition) is 2. The molecule has 4 aromatic rings. The third-order valence-electron chi connectivity index (χ3n) is 3.48. The van der Waals surface area contributed by atoms with Crippen LogP contribution in [0.25, 0.3) is 16.0 Å². The second kappa shape index (κ2) is 5.02. The molecular formula is C16H10Cl2N2S. The average Bonchev–Trinajstić information content (AvgIpc) is 3.01. The fourth-order valence-electron chi connectivity index (χ4n) is 2.51. The second-order valence-corrected chi connectivity index (χ2v) is 6.53. The van der Waals surface area contributed by atoms with Crippen LogP contribution in [0, 0.1) is 0 Å². The van der Waals surface area contributed by atoms with E-state index in [1.54, 1.807) is 11.3 Å². The van der Waals surface area contributed by atoms with Crippen molar-refractivity contribution in [1.82, 2.24) is 9.38 Å². The molecule has 0 saturated heterocycles. The van der Waals surface area contributed by atoms with Crippen LogP contribution in [0.15, 0.2) is 47.8 Å². The van der Waals surface area contributed by atoms with Gasteiger partial charge in [-0.3, -0.25) is 4.40 Å². The highest BCUT2D eigenvalue weighted by Gasteiger charge is 2.13. The minimum absolute atomic E-state index is 0.541. The van der Waals surface area contributed by atoms with Gasteiger partial charge in [0.05, 0.1) is 21.1 Å². The first-order chi connectivity index (χ1) is 10.2. The molecule has 104 valence electrons. The summed E-state index contributed by atoms with van der Waals surface area (Å²) in [5.41, 5.74) is 4.37. The molecule has 2 heterocycles. The number of aromatic nitrogens is 2. The molecule has 0 amide bonds. The summed E-state index contributed by atoms with van der Waals surface area (Å²) in [7, 11) is 0. The minimum Gasteiger partial charge on any atom is -0.287 e. The van der Waals surface area contributed by atoms with Gasteiger partial charge >= 0.3 is 0 Å². The van der Waals surface area contributed by atoms with Crippen LogP contribution < -0.4 is 0 Å². The zero-order valence-corrected chi connectivity index (χ0v) is 13.2. The molecule has 2 aromatic heterocycles. The molecule has 21 heavy (non-hydrogen) atoms. The Bertz CT molecular complexity index is 941.